The van der Waals surface area contributed by atoms with Gasteiger partial charge in [-0.1, -0.05) is 0 Å². The second-order valence-corrected chi connectivity index (χ2v) is 6.29. The number of rotatable bonds is 5. The maximum absolute atomic E-state index is 12.3. The van der Waals surface area contributed by atoms with Crippen molar-refractivity contribution < 1.29 is 8.42 Å². The summed E-state index contributed by atoms with van der Waals surface area (Å²) in [6.07, 6.45) is 1.55. The van der Waals surface area contributed by atoms with Gasteiger partial charge < -0.3 is 5.32 Å². The molecule has 0 aliphatic rings. The molecular weight excluding hydrogens is 284 g/mol. The van der Waals surface area contributed by atoms with Crippen molar-refractivity contribution in [2.75, 3.05) is 16.6 Å². The molecule has 19 heavy (non-hydrogen) atoms. The van der Waals surface area contributed by atoms with E-state index in [-0.39, 0.29) is 4.90 Å². The van der Waals surface area contributed by atoms with Crippen LogP contribution < -0.4 is 10.0 Å². The molecule has 0 radical (unpaired) electrons. The van der Waals surface area contributed by atoms with E-state index in [0.717, 1.165) is 5.69 Å². The highest BCUT2D eigenvalue weighted by atomic mass is 32.2. The standard InChI is InChI=1S/C11H14N4O2S2/c1-3-12-10-9(5-4-6-13-10)19(16,17)15-11-14-8(2)7-18-11/h4-7H,3H2,1-2H3,(H,12,13)(H,14,15). The Kier molecular flexibility index (Phi) is 4.01. The van der Waals surface area contributed by atoms with Crippen molar-refractivity contribution in [1.82, 2.24) is 9.97 Å². The minimum atomic E-state index is -3.68. The molecule has 6 nitrogen and oxygen atoms in total. The number of thiazole rings is 1. The molecule has 0 saturated carbocycles. The minimum absolute atomic E-state index is 0.115. The fraction of sp³-hybridized carbons (Fsp3) is 0.273. The zero-order valence-corrected chi connectivity index (χ0v) is 12.2. The number of aryl methyl sites for hydroxylation is 1. The summed E-state index contributed by atoms with van der Waals surface area (Å²) in [7, 11) is -3.68. The second kappa shape index (κ2) is 5.54. The number of hydrogen-bond donors (Lipinski definition) is 2. The summed E-state index contributed by atoms with van der Waals surface area (Å²) >= 11 is 1.25. The van der Waals surface area contributed by atoms with Crippen molar-refractivity contribution in [3.8, 4) is 0 Å². The van der Waals surface area contributed by atoms with E-state index in [9.17, 15) is 8.42 Å². The number of aromatic nitrogens is 2. The molecule has 8 heteroatoms. The molecule has 0 amide bonds. The van der Waals surface area contributed by atoms with Crippen LogP contribution >= 0.6 is 11.3 Å². The van der Waals surface area contributed by atoms with Gasteiger partial charge in [-0.15, -0.1) is 11.3 Å². The van der Waals surface area contributed by atoms with Crippen LogP contribution in [0.25, 0.3) is 0 Å². The summed E-state index contributed by atoms with van der Waals surface area (Å²) in [5, 5.41) is 5.06. The van der Waals surface area contributed by atoms with Gasteiger partial charge in [-0.25, -0.2) is 18.4 Å². The van der Waals surface area contributed by atoms with E-state index in [2.05, 4.69) is 20.0 Å². The molecule has 0 saturated heterocycles. The van der Waals surface area contributed by atoms with Crippen molar-refractivity contribution in [2.24, 2.45) is 0 Å². The van der Waals surface area contributed by atoms with Crippen molar-refractivity contribution >= 4 is 32.3 Å². The Bertz CT molecular complexity index is 667. The molecule has 0 spiro atoms. The zero-order valence-electron chi connectivity index (χ0n) is 10.5. The topological polar surface area (TPSA) is 84.0 Å². The van der Waals surface area contributed by atoms with Gasteiger partial charge in [0, 0.05) is 18.1 Å². The fourth-order valence-electron chi connectivity index (χ4n) is 1.48. The van der Waals surface area contributed by atoms with Crippen molar-refractivity contribution in [3.05, 3.63) is 29.4 Å². The largest absolute Gasteiger partial charge is 0.369 e. The molecule has 102 valence electrons. The first-order chi connectivity index (χ1) is 9.03. The normalized spacial score (nSPS) is 11.3. The number of sulfonamides is 1. The molecule has 0 atom stereocenters. The lowest BCUT2D eigenvalue weighted by molar-refractivity contribution is 0.601. The molecule has 0 unspecified atom stereocenters. The lowest BCUT2D eigenvalue weighted by Gasteiger charge is -2.10. The van der Waals surface area contributed by atoms with Crippen LogP contribution in [0.3, 0.4) is 0 Å². The van der Waals surface area contributed by atoms with E-state index in [1.807, 2.05) is 13.8 Å². The Labute approximate surface area is 116 Å². The Morgan fingerprint density at radius 2 is 2.21 bits per heavy atom. The lowest BCUT2D eigenvalue weighted by Crippen LogP contribution is -2.16. The predicted octanol–water partition coefficient (Wildman–Crippen LogP) is 2.08. The first-order valence-electron chi connectivity index (χ1n) is 5.67. The molecule has 0 aromatic carbocycles. The minimum Gasteiger partial charge on any atom is -0.369 e. The van der Waals surface area contributed by atoms with Gasteiger partial charge in [0.25, 0.3) is 10.0 Å². The van der Waals surface area contributed by atoms with Crippen molar-refractivity contribution in [1.29, 1.82) is 0 Å². The first kappa shape index (κ1) is 13.8. The van der Waals surface area contributed by atoms with E-state index in [1.54, 1.807) is 17.6 Å². The van der Waals surface area contributed by atoms with Crippen LogP contribution in [0.15, 0.2) is 28.6 Å². The first-order valence-corrected chi connectivity index (χ1v) is 8.03. The summed E-state index contributed by atoms with van der Waals surface area (Å²) in [5.41, 5.74) is 0.779. The fourth-order valence-corrected chi connectivity index (χ4v) is 3.55. The lowest BCUT2D eigenvalue weighted by atomic mass is 10.4. The van der Waals surface area contributed by atoms with Crippen LogP contribution in [0.1, 0.15) is 12.6 Å². The summed E-state index contributed by atoms with van der Waals surface area (Å²) in [4.78, 5) is 8.23. The number of pyridine rings is 1. The summed E-state index contributed by atoms with van der Waals surface area (Å²) in [5.74, 6) is 0.339. The quantitative estimate of drug-likeness (QED) is 0.883. The molecule has 2 aromatic rings. The third-order valence-corrected chi connectivity index (χ3v) is 4.62. The van der Waals surface area contributed by atoms with E-state index in [1.165, 1.54) is 17.4 Å². The molecule has 0 aliphatic heterocycles. The maximum Gasteiger partial charge on any atom is 0.267 e. The second-order valence-electron chi connectivity index (χ2n) is 3.78. The van der Waals surface area contributed by atoms with E-state index in [0.29, 0.717) is 17.5 Å². The van der Waals surface area contributed by atoms with E-state index < -0.39 is 10.0 Å². The van der Waals surface area contributed by atoms with Gasteiger partial charge in [-0.3, -0.25) is 4.72 Å². The van der Waals surface area contributed by atoms with Crippen molar-refractivity contribution in [3.63, 3.8) is 0 Å². The van der Waals surface area contributed by atoms with Crippen LogP contribution in [0, 0.1) is 6.92 Å². The van der Waals surface area contributed by atoms with Gasteiger partial charge in [0.1, 0.15) is 10.7 Å². The number of hydrogen-bond acceptors (Lipinski definition) is 6. The van der Waals surface area contributed by atoms with Gasteiger partial charge >= 0.3 is 0 Å². The van der Waals surface area contributed by atoms with Crippen LogP contribution in [0.2, 0.25) is 0 Å². The van der Waals surface area contributed by atoms with Gasteiger partial charge in [-0.05, 0) is 26.0 Å². The van der Waals surface area contributed by atoms with E-state index in [4.69, 9.17) is 0 Å². The Hall–Kier alpha value is -1.67. The number of nitrogens with zero attached hydrogens (tertiary/aromatic N) is 2. The van der Waals surface area contributed by atoms with Gasteiger partial charge in [0.15, 0.2) is 5.13 Å². The molecule has 2 heterocycles. The molecule has 0 aliphatic carbocycles. The highest BCUT2D eigenvalue weighted by Gasteiger charge is 2.20. The van der Waals surface area contributed by atoms with Crippen LogP contribution in [0.5, 0.6) is 0 Å². The highest BCUT2D eigenvalue weighted by molar-refractivity contribution is 7.93. The SMILES string of the molecule is CCNc1ncccc1S(=O)(=O)Nc1nc(C)cs1. The predicted molar refractivity (Wildman–Crippen MR) is 76.1 cm³/mol. The molecule has 2 rings (SSSR count). The van der Waals surface area contributed by atoms with E-state index >= 15 is 0 Å². The monoisotopic (exact) mass is 298 g/mol. The highest BCUT2D eigenvalue weighted by Crippen LogP contribution is 2.23. The number of nitrogens with one attached hydrogen (secondary N) is 2. The Morgan fingerprint density at radius 3 is 2.84 bits per heavy atom. The summed E-state index contributed by atoms with van der Waals surface area (Å²) in [6, 6.07) is 3.09. The van der Waals surface area contributed by atoms with Gasteiger partial charge in [0.2, 0.25) is 0 Å². The summed E-state index contributed by atoms with van der Waals surface area (Å²) < 4.78 is 27.0. The molecular formula is C11H14N4O2S2. The van der Waals surface area contributed by atoms with Gasteiger partial charge in [-0.2, -0.15) is 0 Å². The molecule has 0 bridgehead atoms. The summed E-state index contributed by atoms with van der Waals surface area (Å²) in [6.45, 7) is 4.28. The molecule has 2 aromatic heterocycles. The third kappa shape index (κ3) is 3.21. The third-order valence-electron chi connectivity index (χ3n) is 2.25. The number of anilines is 2. The maximum atomic E-state index is 12.3. The Balaban J connectivity index is 2.34. The van der Waals surface area contributed by atoms with Crippen molar-refractivity contribution in [2.45, 2.75) is 18.7 Å². The van der Waals surface area contributed by atoms with Gasteiger partial charge in [0.05, 0.1) is 5.69 Å². The smallest absolute Gasteiger partial charge is 0.267 e. The zero-order chi connectivity index (χ0) is 13.9. The van der Waals surface area contributed by atoms with Crippen LogP contribution in [-0.2, 0) is 10.0 Å². The average molecular weight is 298 g/mol. The van der Waals surface area contributed by atoms with Crippen LogP contribution in [-0.4, -0.2) is 24.9 Å². The van der Waals surface area contributed by atoms with Crippen LogP contribution in [0.4, 0.5) is 10.9 Å². The molecule has 0 fully saturated rings. The molecule has 2 N–H and O–H groups in total. The average Bonchev–Trinajstić information content (AvgIpc) is 2.75. The Morgan fingerprint density at radius 1 is 1.42 bits per heavy atom.